The third-order valence-electron chi connectivity index (χ3n) is 2.53. The van der Waals surface area contributed by atoms with E-state index in [0.717, 1.165) is 0 Å². The molecule has 0 aromatic heterocycles. The second-order valence-electron chi connectivity index (χ2n) is 4.33. The van der Waals surface area contributed by atoms with Crippen LogP contribution in [0.15, 0.2) is 24.3 Å². The van der Waals surface area contributed by atoms with Gasteiger partial charge in [0.15, 0.2) is 0 Å². The van der Waals surface area contributed by atoms with Crippen LogP contribution in [0.4, 0.5) is 4.39 Å². The normalized spacial score (nSPS) is 12.5. The maximum Gasteiger partial charge on any atom is 0.224 e. The number of hydrogen-bond donors (Lipinski definition) is 1. The van der Waals surface area contributed by atoms with Gasteiger partial charge in [-0.15, -0.1) is 0 Å². The minimum atomic E-state index is -0.332. The summed E-state index contributed by atoms with van der Waals surface area (Å²) in [5.41, 5.74) is 0.431. The zero-order chi connectivity index (χ0) is 12.8. The Kier molecular flexibility index (Phi) is 5.62. The number of hydrogen-bond acceptors (Lipinski definition) is 1. The molecule has 1 amide bonds. The van der Waals surface area contributed by atoms with Gasteiger partial charge in [0.2, 0.25) is 5.91 Å². The molecule has 0 aliphatic heterocycles. The van der Waals surface area contributed by atoms with Crippen molar-refractivity contribution in [3.8, 4) is 0 Å². The predicted octanol–water partition coefficient (Wildman–Crippen LogP) is 2.90. The van der Waals surface area contributed by atoms with Crippen molar-refractivity contribution in [3.05, 3.63) is 35.6 Å². The highest BCUT2D eigenvalue weighted by Gasteiger charge is 2.12. The van der Waals surface area contributed by atoms with E-state index >= 15 is 0 Å². The highest BCUT2D eigenvalue weighted by molar-refractivity contribution is 9.09. The van der Waals surface area contributed by atoms with Crippen LogP contribution in [0.1, 0.15) is 19.4 Å². The van der Waals surface area contributed by atoms with Gasteiger partial charge in [0.05, 0.1) is 6.42 Å². The van der Waals surface area contributed by atoms with Gasteiger partial charge in [0, 0.05) is 11.4 Å². The number of nitrogens with one attached hydrogen (secondary N) is 1. The highest BCUT2D eigenvalue weighted by atomic mass is 79.9. The summed E-state index contributed by atoms with van der Waals surface area (Å²) in [7, 11) is 0. The quantitative estimate of drug-likeness (QED) is 0.833. The standard InChI is InChI=1S/C13H17BrFNO/c1-9(2)11(14)8-16-13(17)7-10-5-3-4-6-12(10)15/h3-6,9,11H,7-8H2,1-2H3,(H,16,17). The molecular formula is C13H17BrFNO. The van der Waals surface area contributed by atoms with Crippen LogP contribution in [0.3, 0.4) is 0 Å². The topological polar surface area (TPSA) is 29.1 Å². The molecule has 1 atom stereocenters. The average molecular weight is 302 g/mol. The Morgan fingerprint density at radius 2 is 2.06 bits per heavy atom. The third-order valence-corrected chi connectivity index (χ3v) is 3.91. The molecule has 0 heterocycles. The smallest absolute Gasteiger partial charge is 0.224 e. The van der Waals surface area contributed by atoms with Crippen molar-refractivity contribution in [2.75, 3.05) is 6.54 Å². The van der Waals surface area contributed by atoms with Gasteiger partial charge in [0.25, 0.3) is 0 Å². The molecule has 1 rings (SSSR count). The number of amides is 1. The van der Waals surface area contributed by atoms with Crippen molar-refractivity contribution in [3.63, 3.8) is 0 Å². The molecule has 0 aliphatic carbocycles. The molecule has 1 N–H and O–H groups in total. The molecule has 1 aromatic carbocycles. The van der Waals surface area contributed by atoms with Crippen molar-refractivity contribution >= 4 is 21.8 Å². The lowest BCUT2D eigenvalue weighted by Crippen LogP contribution is -2.32. The summed E-state index contributed by atoms with van der Waals surface area (Å²) in [6, 6.07) is 6.34. The first-order chi connectivity index (χ1) is 8.00. The van der Waals surface area contributed by atoms with E-state index in [1.807, 2.05) is 0 Å². The van der Waals surface area contributed by atoms with Crippen LogP contribution in [0.5, 0.6) is 0 Å². The Bertz CT molecular complexity index is 381. The van der Waals surface area contributed by atoms with Gasteiger partial charge in [-0.2, -0.15) is 0 Å². The molecule has 0 bridgehead atoms. The van der Waals surface area contributed by atoms with E-state index in [-0.39, 0.29) is 23.0 Å². The summed E-state index contributed by atoms with van der Waals surface area (Å²) in [5.74, 6) is -0.0362. The Morgan fingerprint density at radius 3 is 2.65 bits per heavy atom. The molecule has 0 saturated heterocycles. The zero-order valence-electron chi connectivity index (χ0n) is 10.0. The summed E-state index contributed by atoms with van der Waals surface area (Å²) in [6.45, 7) is 4.70. The van der Waals surface area contributed by atoms with E-state index in [4.69, 9.17) is 0 Å². The summed E-state index contributed by atoms with van der Waals surface area (Å²) in [6.07, 6.45) is 0.0878. The zero-order valence-corrected chi connectivity index (χ0v) is 11.6. The van der Waals surface area contributed by atoms with Crippen molar-refractivity contribution in [1.82, 2.24) is 5.32 Å². The van der Waals surface area contributed by atoms with Gasteiger partial charge in [0.1, 0.15) is 5.82 Å². The van der Waals surface area contributed by atoms with Crippen molar-refractivity contribution in [2.24, 2.45) is 5.92 Å². The monoisotopic (exact) mass is 301 g/mol. The second kappa shape index (κ2) is 6.74. The third kappa shape index (κ3) is 4.86. The maximum atomic E-state index is 13.3. The van der Waals surface area contributed by atoms with Crippen LogP contribution in [-0.2, 0) is 11.2 Å². The van der Waals surface area contributed by atoms with Crippen molar-refractivity contribution in [1.29, 1.82) is 0 Å². The predicted molar refractivity (Wildman–Crippen MR) is 70.7 cm³/mol. The number of carbonyl (C=O) groups is 1. The molecule has 2 nitrogen and oxygen atoms in total. The van der Waals surface area contributed by atoms with E-state index < -0.39 is 0 Å². The SMILES string of the molecule is CC(C)C(Br)CNC(=O)Cc1ccccc1F. The highest BCUT2D eigenvalue weighted by Crippen LogP contribution is 2.11. The van der Waals surface area contributed by atoms with Gasteiger partial charge in [-0.1, -0.05) is 48.0 Å². The van der Waals surface area contributed by atoms with E-state index in [1.54, 1.807) is 18.2 Å². The van der Waals surface area contributed by atoms with Crippen LogP contribution >= 0.6 is 15.9 Å². The second-order valence-corrected chi connectivity index (χ2v) is 5.51. The van der Waals surface area contributed by atoms with E-state index in [2.05, 4.69) is 35.1 Å². The number of benzene rings is 1. The largest absolute Gasteiger partial charge is 0.355 e. The maximum absolute atomic E-state index is 13.3. The fourth-order valence-electron chi connectivity index (χ4n) is 1.32. The summed E-state index contributed by atoms with van der Waals surface area (Å²) < 4.78 is 13.3. The minimum absolute atomic E-state index is 0.0878. The molecule has 4 heteroatoms. The van der Waals surface area contributed by atoms with Gasteiger partial charge >= 0.3 is 0 Å². The van der Waals surface area contributed by atoms with E-state index in [1.165, 1.54) is 6.07 Å². The molecule has 94 valence electrons. The van der Waals surface area contributed by atoms with Gasteiger partial charge in [-0.3, -0.25) is 4.79 Å². The molecular weight excluding hydrogens is 285 g/mol. The fraction of sp³-hybridized carbons (Fsp3) is 0.462. The molecule has 0 radical (unpaired) electrons. The first kappa shape index (κ1) is 14.2. The number of alkyl halides is 1. The fourth-order valence-corrected chi connectivity index (χ4v) is 1.49. The van der Waals surface area contributed by atoms with Crippen LogP contribution < -0.4 is 5.32 Å². The number of rotatable bonds is 5. The first-order valence-electron chi connectivity index (χ1n) is 5.65. The lowest BCUT2D eigenvalue weighted by Gasteiger charge is -2.14. The van der Waals surface area contributed by atoms with Crippen LogP contribution in [0.2, 0.25) is 0 Å². The summed E-state index contributed by atoms with van der Waals surface area (Å²) >= 11 is 3.48. The number of carbonyl (C=O) groups excluding carboxylic acids is 1. The molecule has 17 heavy (non-hydrogen) atoms. The van der Waals surface area contributed by atoms with E-state index in [9.17, 15) is 9.18 Å². The molecule has 0 fully saturated rings. The minimum Gasteiger partial charge on any atom is -0.355 e. The van der Waals surface area contributed by atoms with Gasteiger partial charge < -0.3 is 5.32 Å². The Balaban J connectivity index is 2.43. The molecule has 0 aliphatic rings. The molecule has 0 saturated carbocycles. The molecule has 1 aromatic rings. The van der Waals surface area contributed by atoms with Crippen LogP contribution in [-0.4, -0.2) is 17.3 Å². The summed E-state index contributed by atoms with van der Waals surface area (Å²) in [4.78, 5) is 11.8. The number of halogens is 2. The average Bonchev–Trinajstić information content (AvgIpc) is 2.29. The van der Waals surface area contributed by atoms with Gasteiger partial charge in [-0.05, 0) is 17.5 Å². The Morgan fingerprint density at radius 1 is 1.41 bits per heavy atom. The summed E-state index contributed by atoms with van der Waals surface area (Å²) in [5, 5.41) is 2.79. The van der Waals surface area contributed by atoms with Crippen molar-refractivity contribution < 1.29 is 9.18 Å². The van der Waals surface area contributed by atoms with E-state index in [0.29, 0.717) is 18.0 Å². The molecule has 0 spiro atoms. The Labute approximate surface area is 110 Å². The van der Waals surface area contributed by atoms with Crippen LogP contribution in [0, 0.1) is 11.7 Å². The Hall–Kier alpha value is -0.900. The lowest BCUT2D eigenvalue weighted by atomic mass is 10.1. The molecule has 1 unspecified atom stereocenters. The van der Waals surface area contributed by atoms with Crippen molar-refractivity contribution in [2.45, 2.75) is 25.1 Å². The van der Waals surface area contributed by atoms with Gasteiger partial charge in [-0.25, -0.2) is 4.39 Å². The lowest BCUT2D eigenvalue weighted by molar-refractivity contribution is -0.120. The van der Waals surface area contributed by atoms with Crippen LogP contribution in [0.25, 0.3) is 0 Å². The first-order valence-corrected chi connectivity index (χ1v) is 6.56.